The third-order valence-corrected chi connectivity index (χ3v) is 7.52. The Bertz CT molecular complexity index is 1520. The zero-order chi connectivity index (χ0) is 31.1. The van der Waals surface area contributed by atoms with Gasteiger partial charge in [0, 0.05) is 35.1 Å². The molecule has 0 spiro atoms. The van der Waals surface area contributed by atoms with Crippen molar-refractivity contribution >= 4 is 17.6 Å². The van der Waals surface area contributed by atoms with Gasteiger partial charge in [0.05, 0.1) is 18.6 Å². The molecule has 4 rings (SSSR count). The van der Waals surface area contributed by atoms with E-state index in [1.165, 1.54) is 12.1 Å². The van der Waals surface area contributed by atoms with E-state index in [1.807, 2.05) is 86.0 Å². The van der Waals surface area contributed by atoms with E-state index >= 15 is 0 Å². The third-order valence-electron chi connectivity index (χ3n) is 7.52. The molecule has 0 fully saturated rings. The Morgan fingerprint density at radius 3 is 1.98 bits per heavy atom. The van der Waals surface area contributed by atoms with Gasteiger partial charge in [0.1, 0.15) is 11.5 Å². The topological polar surface area (TPSA) is 103 Å². The molecule has 1 heterocycles. The Hall–Kier alpha value is -4.27. The molecule has 0 saturated carbocycles. The minimum atomic E-state index is -1.18. The molecular formula is C35H39FN2O5. The molecule has 0 aliphatic heterocycles. The molecule has 8 heteroatoms. The van der Waals surface area contributed by atoms with Crippen LogP contribution < -0.4 is 4.90 Å². The summed E-state index contributed by atoms with van der Waals surface area (Å²) in [7, 11) is 0. The molecule has 1 aromatic heterocycles. The number of nitrogens with zero attached hydrogens (tertiary/aromatic N) is 2. The van der Waals surface area contributed by atoms with Crippen LogP contribution in [0.25, 0.3) is 22.3 Å². The minimum Gasteiger partial charge on any atom is -0.481 e. The summed E-state index contributed by atoms with van der Waals surface area (Å²) in [5, 5.41) is 30.0. The molecule has 0 aliphatic rings. The summed E-state index contributed by atoms with van der Waals surface area (Å²) in [6.45, 7) is 6.35. The number of hydrogen-bond acceptors (Lipinski definition) is 4. The summed E-state index contributed by atoms with van der Waals surface area (Å²) in [6, 6.07) is 25.1. The van der Waals surface area contributed by atoms with Crippen LogP contribution in [0.3, 0.4) is 0 Å². The van der Waals surface area contributed by atoms with Crippen molar-refractivity contribution in [2.75, 3.05) is 11.4 Å². The highest BCUT2D eigenvalue weighted by atomic mass is 19.1. The number of carbonyl (C=O) groups is 2. The van der Waals surface area contributed by atoms with Crippen LogP contribution in [-0.4, -0.2) is 50.5 Å². The maximum absolute atomic E-state index is 14.6. The first-order valence-electron chi connectivity index (χ1n) is 14.7. The molecule has 2 atom stereocenters. The van der Waals surface area contributed by atoms with Gasteiger partial charge >= 0.3 is 5.97 Å². The molecule has 226 valence electrons. The van der Waals surface area contributed by atoms with Gasteiger partial charge < -0.3 is 24.8 Å². The lowest BCUT2D eigenvalue weighted by molar-refractivity contribution is -0.139. The highest BCUT2D eigenvalue weighted by Gasteiger charge is 2.32. The van der Waals surface area contributed by atoms with E-state index in [-0.39, 0.29) is 30.6 Å². The lowest BCUT2D eigenvalue weighted by Gasteiger charge is -2.25. The van der Waals surface area contributed by atoms with Gasteiger partial charge in [-0.3, -0.25) is 9.59 Å². The normalized spacial score (nSPS) is 12.7. The van der Waals surface area contributed by atoms with Crippen molar-refractivity contribution < 1.29 is 29.3 Å². The smallest absolute Gasteiger partial charge is 0.305 e. The lowest BCUT2D eigenvalue weighted by Crippen LogP contribution is -2.33. The highest BCUT2D eigenvalue weighted by Crippen LogP contribution is 2.43. The Labute approximate surface area is 251 Å². The molecule has 43 heavy (non-hydrogen) atoms. The summed E-state index contributed by atoms with van der Waals surface area (Å²) >= 11 is 0. The van der Waals surface area contributed by atoms with Crippen LogP contribution in [-0.2, 0) is 11.2 Å². The van der Waals surface area contributed by atoms with E-state index in [1.54, 1.807) is 17.0 Å². The van der Waals surface area contributed by atoms with E-state index < -0.39 is 24.6 Å². The Kier molecular flexibility index (Phi) is 10.5. The second kappa shape index (κ2) is 14.3. The van der Waals surface area contributed by atoms with Gasteiger partial charge in [0.15, 0.2) is 0 Å². The van der Waals surface area contributed by atoms with Gasteiger partial charge in [0.2, 0.25) is 0 Å². The van der Waals surface area contributed by atoms with E-state index in [0.717, 1.165) is 33.6 Å². The van der Waals surface area contributed by atoms with Gasteiger partial charge in [-0.2, -0.15) is 0 Å². The van der Waals surface area contributed by atoms with Crippen molar-refractivity contribution in [2.45, 2.75) is 64.7 Å². The molecule has 3 aromatic carbocycles. The van der Waals surface area contributed by atoms with Crippen LogP contribution >= 0.6 is 0 Å². The van der Waals surface area contributed by atoms with Crippen LogP contribution in [0.4, 0.5) is 10.1 Å². The number of halogens is 1. The number of carbonyl (C=O) groups excluding carboxylic acids is 1. The molecule has 7 nitrogen and oxygen atoms in total. The molecule has 0 radical (unpaired) electrons. The average Bonchev–Trinajstić information content (AvgIpc) is 3.33. The molecule has 1 amide bonds. The van der Waals surface area contributed by atoms with Crippen LogP contribution in [0.5, 0.6) is 0 Å². The van der Waals surface area contributed by atoms with Crippen LogP contribution in [0, 0.1) is 5.82 Å². The number of aliphatic hydroxyl groups is 2. The number of carboxylic acids is 1. The molecule has 0 aliphatic carbocycles. The fourth-order valence-electron chi connectivity index (χ4n) is 5.68. The first-order valence-corrected chi connectivity index (χ1v) is 14.7. The van der Waals surface area contributed by atoms with E-state index in [2.05, 4.69) is 0 Å². The summed E-state index contributed by atoms with van der Waals surface area (Å²) < 4.78 is 16.1. The van der Waals surface area contributed by atoms with Crippen molar-refractivity contribution in [3.05, 3.63) is 102 Å². The molecule has 4 aromatic rings. The SMILES string of the molecule is CCN(C(=O)c1c(-c2ccccc2)c(-c2ccc(F)cc2)c(CCC(O)CC(O)CC(=O)O)n1C(C)C)c1ccccc1. The number of rotatable bonds is 13. The van der Waals surface area contributed by atoms with Crippen LogP contribution in [0.15, 0.2) is 84.9 Å². The van der Waals surface area contributed by atoms with E-state index in [0.29, 0.717) is 18.7 Å². The average molecular weight is 587 g/mol. The molecular weight excluding hydrogens is 547 g/mol. The van der Waals surface area contributed by atoms with Crippen molar-refractivity contribution in [1.29, 1.82) is 0 Å². The molecule has 2 unspecified atom stereocenters. The van der Waals surface area contributed by atoms with Gasteiger partial charge in [0.25, 0.3) is 5.91 Å². The third kappa shape index (κ3) is 7.39. The summed E-state index contributed by atoms with van der Waals surface area (Å²) in [5.41, 5.74) is 5.08. The maximum atomic E-state index is 14.6. The zero-order valence-corrected chi connectivity index (χ0v) is 24.8. The van der Waals surface area contributed by atoms with Gasteiger partial charge in [-0.05, 0) is 75.4 Å². The molecule has 0 bridgehead atoms. The van der Waals surface area contributed by atoms with Crippen LogP contribution in [0.1, 0.15) is 62.3 Å². The quantitative estimate of drug-likeness (QED) is 0.161. The number of carboxylic acid groups (broad SMARTS) is 1. The minimum absolute atomic E-state index is 0.0878. The number of aliphatic hydroxyl groups excluding tert-OH is 2. The number of anilines is 1. The number of amides is 1. The highest BCUT2D eigenvalue weighted by molar-refractivity contribution is 6.12. The monoisotopic (exact) mass is 586 g/mol. The Balaban J connectivity index is 1.95. The number of aromatic nitrogens is 1. The molecule has 3 N–H and O–H groups in total. The standard InChI is InChI=1S/C35H39FN2O5/c1-4-37(27-13-9-6-10-14-27)35(43)34-33(24-11-7-5-8-12-24)32(25-15-17-26(36)18-16-25)30(38(34)23(2)3)20-19-28(39)21-29(40)22-31(41)42/h5-18,23,28-29,39-40H,4,19-22H2,1-3H3,(H,41,42). The van der Waals surface area contributed by atoms with Crippen molar-refractivity contribution in [2.24, 2.45) is 0 Å². The molecule has 0 saturated heterocycles. The predicted molar refractivity (Wildman–Crippen MR) is 167 cm³/mol. The van der Waals surface area contributed by atoms with Crippen LogP contribution in [0.2, 0.25) is 0 Å². The largest absolute Gasteiger partial charge is 0.481 e. The Morgan fingerprint density at radius 2 is 1.42 bits per heavy atom. The number of hydrogen-bond donors (Lipinski definition) is 3. The number of benzene rings is 3. The number of aliphatic carboxylic acids is 1. The predicted octanol–water partition coefficient (Wildman–Crippen LogP) is 6.73. The fraction of sp³-hybridized carbons (Fsp3) is 0.314. The van der Waals surface area contributed by atoms with Crippen molar-refractivity contribution in [1.82, 2.24) is 4.57 Å². The number of para-hydroxylation sites is 1. The zero-order valence-electron chi connectivity index (χ0n) is 24.8. The van der Waals surface area contributed by atoms with Gasteiger partial charge in [-0.15, -0.1) is 0 Å². The van der Waals surface area contributed by atoms with Gasteiger partial charge in [-0.1, -0.05) is 60.7 Å². The first kappa shape index (κ1) is 31.7. The lowest BCUT2D eigenvalue weighted by atomic mass is 9.92. The van der Waals surface area contributed by atoms with E-state index in [9.17, 15) is 24.2 Å². The fourth-order valence-corrected chi connectivity index (χ4v) is 5.68. The van der Waals surface area contributed by atoms with Crippen molar-refractivity contribution in [3.8, 4) is 22.3 Å². The van der Waals surface area contributed by atoms with Crippen molar-refractivity contribution in [3.63, 3.8) is 0 Å². The maximum Gasteiger partial charge on any atom is 0.305 e. The van der Waals surface area contributed by atoms with Gasteiger partial charge in [-0.25, -0.2) is 4.39 Å². The summed E-state index contributed by atoms with van der Waals surface area (Å²) in [5.74, 6) is -1.70. The summed E-state index contributed by atoms with van der Waals surface area (Å²) in [6.07, 6.45) is -2.14. The summed E-state index contributed by atoms with van der Waals surface area (Å²) in [4.78, 5) is 27.4. The first-order chi connectivity index (χ1) is 20.6. The van der Waals surface area contributed by atoms with E-state index in [4.69, 9.17) is 5.11 Å². The Morgan fingerprint density at radius 1 is 0.837 bits per heavy atom. The second-order valence-corrected chi connectivity index (χ2v) is 10.9. The second-order valence-electron chi connectivity index (χ2n) is 10.9.